The molecule has 0 spiro atoms. The summed E-state index contributed by atoms with van der Waals surface area (Å²) in [4.78, 5) is 12.0. The topological polar surface area (TPSA) is 56.1 Å². The minimum Gasteiger partial charge on any atom is -0.490 e. The first-order valence-electron chi connectivity index (χ1n) is 7.21. The van der Waals surface area contributed by atoms with Crippen LogP contribution in [-0.4, -0.2) is 28.8 Å². The maximum atomic E-state index is 12.0. The van der Waals surface area contributed by atoms with Crippen LogP contribution in [0.15, 0.2) is 36.7 Å². The number of halogens is 1. The summed E-state index contributed by atoms with van der Waals surface area (Å²) >= 11 is 6.08. The number of para-hydroxylation sites is 1. The standard InChI is InChI=1S/C16H20ClN3O2/c1-12-5-3-6-14(17)15(12)22-10-8-18-16(21)13(2)11-20-9-4-7-19-20/h3-7,9,13H,8,10-11H2,1-2H3,(H,18,21). The molecule has 0 saturated heterocycles. The van der Waals surface area contributed by atoms with Crippen molar-refractivity contribution in [2.45, 2.75) is 20.4 Å². The van der Waals surface area contributed by atoms with Crippen molar-refractivity contribution in [3.63, 3.8) is 0 Å². The lowest BCUT2D eigenvalue weighted by Crippen LogP contribution is -2.34. The summed E-state index contributed by atoms with van der Waals surface area (Å²) in [6, 6.07) is 7.44. The van der Waals surface area contributed by atoms with E-state index in [0.29, 0.717) is 30.5 Å². The van der Waals surface area contributed by atoms with E-state index in [4.69, 9.17) is 16.3 Å². The lowest BCUT2D eigenvalue weighted by Gasteiger charge is -2.14. The number of hydrogen-bond acceptors (Lipinski definition) is 3. The monoisotopic (exact) mass is 321 g/mol. The summed E-state index contributed by atoms with van der Waals surface area (Å²) in [7, 11) is 0. The number of aromatic nitrogens is 2. The molecular formula is C16H20ClN3O2. The van der Waals surface area contributed by atoms with E-state index >= 15 is 0 Å². The van der Waals surface area contributed by atoms with E-state index in [1.807, 2.05) is 38.2 Å². The van der Waals surface area contributed by atoms with Gasteiger partial charge in [0.05, 0.1) is 24.0 Å². The van der Waals surface area contributed by atoms with Crippen LogP contribution in [0.2, 0.25) is 5.02 Å². The van der Waals surface area contributed by atoms with Gasteiger partial charge in [0.2, 0.25) is 5.91 Å². The highest BCUT2D eigenvalue weighted by Gasteiger charge is 2.13. The van der Waals surface area contributed by atoms with E-state index in [9.17, 15) is 4.79 Å². The van der Waals surface area contributed by atoms with Gasteiger partial charge in [0.1, 0.15) is 12.4 Å². The Morgan fingerprint density at radius 2 is 2.27 bits per heavy atom. The number of rotatable bonds is 7. The number of ether oxygens (including phenoxy) is 1. The summed E-state index contributed by atoms with van der Waals surface area (Å²) < 4.78 is 7.38. The van der Waals surface area contributed by atoms with Gasteiger partial charge in [-0.15, -0.1) is 0 Å². The van der Waals surface area contributed by atoms with Crippen molar-refractivity contribution >= 4 is 17.5 Å². The van der Waals surface area contributed by atoms with Gasteiger partial charge in [-0.25, -0.2) is 0 Å². The third kappa shape index (κ3) is 4.49. The summed E-state index contributed by atoms with van der Waals surface area (Å²) in [6.07, 6.45) is 3.54. The first-order chi connectivity index (χ1) is 10.6. The van der Waals surface area contributed by atoms with Crippen LogP contribution in [0.4, 0.5) is 0 Å². The molecule has 118 valence electrons. The molecule has 1 aromatic heterocycles. The van der Waals surface area contributed by atoms with E-state index in [0.717, 1.165) is 5.56 Å². The Morgan fingerprint density at radius 1 is 1.45 bits per heavy atom. The lowest BCUT2D eigenvalue weighted by molar-refractivity contribution is -0.125. The van der Waals surface area contributed by atoms with Crippen molar-refractivity contribution in [3.8, 4) is 5.75 Å². The molecule has 0 radical (unpaired) electrons. The maximum absolute atomic E-state index is 12.0. The molecule has 2 rings (SSSR count). The van der Waals surface area contributed by atoms with Gasteiger partial charge in [-0.3, -0.25) is 9.48 Å². The zero-order chi connectivity index (χ0) is 15.9. The maximum Gasteiger partial charge on any atom is 0.224 e. The van der Waals surface area contributed by atoms with Gasteiger partial charge in [-0.1, -0.05) is 30.7 Å². The first-order valence-corrected chi connectivity index (χ1v) is 7.59. The molecule has 5 nitrogen and oxygen atoms in total. The van der Waals surface area contributed by atoms with E-state index in [1.54, 1.807) is 16.9 Å². The highest BCUT2D eigenvalue weighted by atomic mass is 35.5. The summed E-state index contributed by atoms with van der Waals surface area (Å²) in [5.41, 5.74) is 0.978. The van der Waals surface area contributed by atoms with E-state index in [1.165, 1.54) is 0 Å². The summed E-state index contributed by atoms with van der Waals surface area (Å²) in [5.74, 6) is 0.500. The lowest BCUT2D eigenvalue weighted by atomic mass is 10.1. The largest absolute Gasteiger partial charge is 0.490 e. The Kier molecular flexibility index (Phi) is 5.83. The van der Waals surface area contributed by atoms with Crippen LogP contribution in [0, 0.1) is 12.8 Å². The molecule has 1 atom stereocenters. The second kappa shape index (κ2) is 7.84. The van der Waals surface area contributed by atoms with E-state index < -0.39 is 0 Å². The summed E-state index contributed by atoms with van der Waals surface area (Å²) in [5, 5.41) is 7.53. The average Bonchev–Trinajstić information content (AvgIpc) is 2.98. The summed E-state index contributed by atoms with van der Waals surface area (Å²) in [6.45, 7) is 5.18. The second-order valence-electron chi connectivity index (χ2n) is 5.15. The Hall–Kier alpha value is -2.01. The SMILES string of the molecule is Cc1cccc(Cl)c1OCCNC(=O)C(C)Cn1cccn1. The molecule has 2 aromatic rings. The molecular weight excluding hydrogens is 302 g/mol. The van der Waals surface area contributed by atoms with Crippen LogP contribution < -0.4 is 10.1 Å². The fraction of sp³-hybridized carbons (Fsp3) is 0.375. The Bertz CT molecular complexity index is 594. The second-order valence-corrected chi connectivity index (χ2v) is 5.56. The van der Waals surface area contributed by atoms with Crippen molar-refractivity contribution in [3.05, 3.63) is 47.2 Å². The molecule has 0 bridgehead atoms. The van der Waals surface area contributed by atoms with Crippen LogP contribution in [0.25, 0.3) is 0 Å². The fourth-order valence-corrected chi connectivity index (χ4v) is 2.35. The van der Waals surface area contributed by atoms with Crippen molar-refractivity contribution in [1.29, 1.82) is 0 Å². The van der Waals surface area contributed by atoms with Crippen LogP contribution in [0.5, 0.6) is 5.75 Å². The molecule has 1 heterocycles. The minimum absolute atomic E-state index is 0.0185. The Morgan fingerprint density at radius 3 is 2.95 bits per heavy atom. The van der Waals surface area contributed by atoms with Crippen LogP contribution in [-0.2, 0) is 11.3 Å². The molecule has 22 heavy (non-hydrogen) atoms. The number of benzene rings is 1. The van der Waals surface area contributed by atoms with Crippen molar-refractivity contribution in [2.75, 3.05) is 13.2 Å². The molecule has 0 saturated carbocycles. The van der Waals surface area contributed by atoms with Crippen molar-refractivity contribution < 1.29 is 9.53 Å². The van der Waals surface area contributed by atoms with E-state index in [2.05, 4.69) is 10.4 Å². The highest BCUT2D eigenvalue weighted by molar-refractivity contribution is 6.32. The Labute approximate surface area is 135 Å². The van der Waals surface area contributed by atoms with Crippen LogP contribution in [0.1, 0.15) is 12.5 Å². The third-order valence-electron chi connectivity index (χ3n) is 3.28. The number of nitrogens with one attached hydrogen (secondary N) is 1. The first kappa shape index (κ1) is 16.4. The van der Waals surface area contributed by atoms with Crippen molar-refractivity contribution in [2.24, 2.45) is 5.92 Å². The van der Waals surface area contributed by atoms with Gasteiger partial charge >= 0.3 is 0 Å². The van der Waals surface area contributed by atoms with E-state index in [-0.39, 0.29) is 11.8 Å². The molecule has 6 heteroatoms. The highest BCUT2D eigenvalue weighted by Crippen LogP contribution is 2.27. The number of hydrogen-bond donors (Lipinski definition) is 1. The molecule has 0 fully saturated rings. The van der Waals surface area contributed by atoms with Crippen LogP contribution in [0.3, 0.4) is 0 Å². The van der Waals surface area contributed by atoms with Gasteiger partial charge in [-0.05, 0) is 24.6 Å². The average molecular weight is 322 g/mol. The smallest absolute Gasteiger partial charge is 0.224 e. The van der Waals surface area contributed by atoms with Gasteiger partial charge in [0.25, 0.3) is 0 Å². The molecule has 1 unspecified atom stereocenters. The zero-order valence-corrected chi connectivity index (χ0v) is 13.5. The van der Waals surface area contributed by atoms with Gasteiger partial charge in [0, 0.05) is 12.4 Å². The number of nitrogens with zero attached hydrogens (tertiary/aromatic N) is 2. The number of carbonyl (C=O) groups is 1. The number of carbonyl (C=O) groups excluding carboxylic acids is 1. The van der Waals surface area contributed by atoms with Crippen LogP contribution >= 0.6 is 11.6 Å². The Balaban J connectivity index is 1.73. The van der Waals surface area contributed by atoms with Gasteiger partial charge in [0.15, 0.2) is 0 Å². The zero-order valence-electron chi connectivity index (χ0n) is 12.8. The molecule has 1 N–H and O–H groups in total. The molecule has 0 aliphatic rings. The fourth-order valence-electron chi connectivity index (χ4n) is 2.07. The molecule has 1 amide bonds. The predicted molar refractivity (Wildman–Crippen MR) is 86.1 cm³/mol. The van der Waals surface area contributed by atoms with Gasteiger partial charge in [-0.2, -0.15) is 5.10 Å². The van der Waals surface area contributed by atoms with Gasteiger partial charge < -0.3 is 10.1 Å². The quantitative estimate of drug-likeness (QED) is 0.798. The predicted octanol–water partition coefficient (Wildman–Crippen LogP) is 2.68. The molecule has 1 aromatic carbocycles. The number of amides is 1. The number of aryl methyl sites for hydroxylation is 1. The normalized spacial score (nSPS) is 12.0. The molecule has 0 aliphatic heterocycles. The van der Waals surface area contributed by atoms with Crippen molar-refractivity contribution in [1.82, 2.24) is 15.1 Å². The third-order valence-corrected chi connectivity index (χ3v) is 3.58. The minimum atomic E-state index is -0.151. The molecule has 0 aliphatic carbocycles.